The third kappa shape index (κ3) is 16.2. The highest BCUT2D eigenvalue weighted by molar-refractivity contribution is 7.99. The predicted molar refractivity (Wildman–Crippen MR) is 287 cm³/mol. The molecule has 2 aliphatic heterocycles. The Morgan fingerprint density at radius 3 is 2.26 bits per heavy atom. The van der Waals surface area contributed by atoms with Gasteiger partial charge in [-0.3, -0.25) is 19.2 Å². The van der Waals surface area contributed by atoms with Gasteiger partial charge in [0.05, 0.1) is 44.7 Å². The molecular formula is C52H69F3N8O9S4. The van der Waals surface area contributed by atoms with Gasteiger partial charge in [-0.15, -0.1) is 23.1 Å². The number of hydrogen-bond acceptors (Lipinski definition) is 14. The Morgan fingerprint density at radius 2 is 1.62 bits per heavy atom. The van der Waals surface area contributed by atoms with Gasteiger partial charge in [0.1, 0.15) is 17.0 Å². The molecule has 4 aromatic rings. The number of thioether (sulfide) groups is 1. The molecule has 0 spiro atoms. The molecule has 0 saturated carbocycles. The van der Waals surface area contributed by atoms with Gasteiger partial charge < -0.3 is 36.2 Å². The monoisotopic (exact) mass is 1130 g/mol. The number of sulfonamides is 1. The van der Waals surface area contributed by atoms with Crippen LogP contribution in [0.4, 0.5) is 18.9 Å². The summed E-state index contributed by atoms with van der Waals surface area (Å²) in [7, 11) is -10.5. The van der Waals surface area contributed by atoms with Crippen molar-refractivity contribution in [1.82, 2.24) is 30.7 Å². The number of sulfone groups is 1. The number of unbranched alkanes of at least 4 members (excludes halogenated alkanes) is 3. The third-order valence-corrected chi connectivity index (χ3v) is 18.1. The fourth-order valence-electron chi connectivity index (χ4n) is 9.23. The minimum atomic E-state index is -5.99. The number of β-amino-alcohol motifs (C(OH)–C–C–N with tert-alkyl or cyclic N) is 1. The Hall–Kier alpha value is -5.11. The Labute approximate surface area is 451 Å². The number of amides is 4. The van der Waals surface area contributed by atoms with Crippen LogP contribution in [0.5, 0.6) is 0 Å². The molecule has 6 rings (SSSR count). The smallest absolute Gasteiger partial charge is 0.391 e. The minimum Gasteiger partial charge on any atom is -0.391 e. The van der Waals surface area contributed by atoms with E-state index in [2.05, 4.69) is 31.2 Å². The molecule has 416 valence electrons. The summed E-state index contributed by atoms with van der Waals surface area (Å²) in [6.07, 6.45) is 2.88. The lowest BCUT2D eigenvalue weighted by Crippen LogP contribution is -2.57. The molecule has 7 N–H and O–H groups in total. The normalized spacial score (nSPS) is 18.7. The molecule has 0 radical (unpaired) electrons. The number of alkyl halides is 3. The van der Waals surface area contributed by atoms with Crippen LogP contribution in [0.15, 0.2) is 93.0 Å². The Balaban J connectivity index is 0.930. The average molecular weight is 1140 g/mol. The number of hydrogen-bond donors (Lipinski definition) is 6. The number of carbonyl (C=O) groups is 4. The zero-order valence-electron chi connectivity index (χ0n) is 43.3. The lowest BCUT2D eigenvalue weighted by Gasteiger charge is -2.35. The van der Waals surface area contributed by atoms with Crippen LogP contribution < -0.4 is 26.4 Å². The molecule has 2 saturated heterocycles. The van der Waals surface area contributed by atoms with Crippen LogP contribution in [0.3, 0.4) is 0 Å². The number of nitrogens with zero attached hydrogens (tertiary/aromatic N) is 3. The summed E-state index contributed by atoms with van der Waals surface area (Å²) in [5, 5.41) is 27.7. The number of carbonyl (C=O) groups excluding carboxylic acids is 4. The molecule has 6 atom stereocenters. The van der Waals surface area contributed by atoms with Gasteiger partial charge >= 0.3 is 5.51 Å². The topological polar surface area (TPSA) is 250 Å². The van der Waals surface area contributed by atoms with Gasteiger partial charge in [-0.1, -0.05) is 76.1 Å². The highest BCUT2D eigenvalue weighted by Gasteiger charge is 2.49. The summed E-state index contributed by atoms with van der Waals surface area (Å²) >= 11 is 2.96. The van der Waals surface area contributed by atoms with E-state index in [1.165, 1.54) is 16.7 Å². The molecule has 24 heteroatoms. The second kappa shape index (κ2) is 26.0. The summed E-state index contributed by atoms with van der Waals surface area (Å²) in [6, 6.07) is 16.5. The first kappa shape index (κ1) is 60.1. The van der Waals surface area contributed by atoms with Gasteiger partial charge in [0.15, 0.2) is 0 Å². The molecule has 0 aliphatic carbocycles. The van der Waals surface area contributed by atoms with Gasteiger partial charge in [-0.05, 0) is 92.9 Å². The standard InChI is InChI=1S/C52H69F3N8O9S4/c1-33(35-16-18-36(19-17-35)46-34(2)58-32-74-46)59-49(67)43-27-39(64)30-63(43)50(68)47(51(3,4)5)61-45(65)15-11-6-7-12-24-57-48(66)37-22-25-62(29-37)26-23-38(31-73-40-13-9-8-10-14-40)60-42-21-20-41(76(56,71)72)28-44(42)75(69,70)52(53,54)55/h8-10,13-14,16-21,28,32-33,37-39,43,47,60,64H,6-7,11-12,15,22-27,29-31H2,1-5H3,(H,57,66)(H,59,67)(H,61,65)(H2,56,71,72)/t33-,37+,38+,39+,43-,47+/m0/s1. The van der Waals surface area contributed by atoms with Crippen LogP contribution >= 0.6 is 23.1 Å². The lowest BCUT2D eigenvalue weighted by molar-refractivity contribution is -0.144. The largest absolute Gasteiger partial charge is 0.501 e. The van der Waals surface area contributed by atoms with Crippen LogP contribution in [-0.4, -0.2) is 129 Å². The number of anilines is 1. The SMILES string of the molecule is Cc1ncsc1-c1ccc([C@H](C)NC(=O)[C@@H]2C[C@@H](O)CN2C(=O)[C@@H](NC(=O)CCCCCCNC(=O)[C@@H]2CCN(CC[C@H](CSc3ccccc3)Nc3ccc(S(N)(=O)=O)cc3S(=O)(=O)C(F)(F)F)C2)C(C)(C)C)cc1. The number of nitrogens with two attached hydrogens (primary N) is 1. The Bertz CT molecular complexity index is 2870. The van der Waals surface area contributed by atoms with Crippen molar-refractivity contribution in [3.8, 4) is 10.4 Å². The maximum absolute atomic E-state index is 14.1. The molecule has 3 aromatic carbocycles. The zero-order chi connectivity index (χ0) is 55.6. The number of primary sulfonamides is 1. The second-order valence-electron chi connectivity index (χ2n) is 20.5. The molecule has 0 unspecified atom stereocenters. The molecule has 76 heavy (non-hydrogen) atoms. The summed E-state index contributed by atoms with van der Waals surface area (Å²) in [5.74, 6) is -1.25. The molecule has 0 bridgehead atoms. The van der Waals surface area contributed by atoms with E-state index in [1.54, 1.807) is 16.8 Å². The number of aryl methyl sites for hydroxylation is 1. The van der Waals surface area contributed by atoms with Crippen molar-refractivity contribution in [1.29, 1.82) is 0 Å². The Morgan fingerprint density at radius 1 is 0.921 bits per heavy atom. The van der Waals surface area contributed by atoms with E-state index in [1.807, 2.05) is 89.2 Å². The van der Waals surface area contributed by atoms with E-state index in [-0.39, 0.29) is 43.2 Å². The summed E-state index contributed by atoms with van der Waals surface area (Å²) in [5.41, 5.74) is -2.21. The summed E-state index contributed by atoms with van der Waals surface area (Å²) < 4.78 is 90.8. The van der Waals surface area contributed by atoms with Crippen LogP contribution in [0.2, 0.25) is 0 Å². The van der Waals surface area contributed by atoms with Crippen LogP contribution in [-0.2, 0) is 39.0 Å². The molecule has 2 aliphatic rings. The van der Waals surface area contributed by atoms with Crippen molar-refractivity contribution in [2.45, 2.75) is 136 Å². The first-order chi connectivity index (χ1) is 35.7. The number of aromatic nitrogens is 1. The van der Waals surface area contributed by atoms with Gasteiger partial charge in [0.25, 0.3) is 9.84 Å². The van der Waals surface area contributed by atoms with Crippen molar-refractivity contribution in [3.05, 3.63) is 89.6 Å². The van der Waals surface area contributed by atoms with E-state index in [9.17, 15) is 54.3 Å². The molecule has 2 fully saturated rings. The number of benzene rings is 3. The van der Waals surface area contributed by atoms with Gasteiger partial charge in [-0.2, -0.15) is 13.2 Å². The van der Waals surface area contributed by atoms with Crippen molar-refractivity contribution in [2.24, 2.45) is 16.5 Å². The van der Waals surface area contributed by atoms with E-state index < -0.39 is 82.3 Å². The number of likely N-dealkylation sites (tertiary alicyclic amines) is 2. The van der Waals surface area contributed by atoms with Crippen molar-refractivity contribution < 1.29 is 54.3 Å². The number of aliphatic hydroxyl groups excluding tert-OH is 1. The van der Waals surface area contributed by atoms with Gasteiger partial charge in [0.2, 0.25) is 33.7 Å². The minimum absolute atomic E-state index is 0.0393. The summed E-state index contributed by atoms with van der Waals surface area (Å²) in [4.78, 5) is 62.0. The zero-order valence-corrected chi connectivity index (χ0v) is 46.5. The highest BCUT2D eigenvalue weighted by atomic mass is 32.2. The van der Waals surface area contributed by atoms with Crippen molar-refractivity contribution in [3.63, 3.8) is 0 Å². The van der Waals surface area contributed by atoms with Gasteiger partial charge in [-0.25, -0.2) is 27.0 Å². The molecule has 4 amide bonds. The summed E-state index contributed by atoms with van der Waals surface area (Å²) in [6.45, 7) is 11.1. The van der Waals surface area contributed by atoms with Crippen LogP contribution in [0, 0.1) is 18.3 Å². The quantitative estimate of drug-likeness (QED) is 0.0313. The van der Waals surface area contributed by atoms with E-state index >= 15 is 0 Å². The van der Waals surface area contributed by atoms with Crippen LogP contribution in [0.1, 0.15) is 96.4 Å². The van der Waals surface area contributed by atoms with Gasteiger partial charge in [0, 0.05) is 55.7 Å². The Kier molecular flexibility index (Phi) is 20.6. The van der Waals surface area contributed by atoms with Crippen molar-refractivity contribution >= 4 is 72.3 Å². The number of nitrogens with one attached hydrogen (secondary N) is 4. The maximum atomic E-state index is 14.1. The number of thiazole rings is 1. The maximum Gasteiger partial charge on any atom is 0.501 e. The van der Waals surface area contributed by atoms with E-state index in [0.717, 1.165) is 45.1 Å². The van der Waals surface area contributed by atoms with E-state index in [0.29, 0.717) is 70.1 Å². The first-order valence-electron chi connectivity index (χ1n) is 25.2. The fraction of sp³-hybridized carbons (Fsp3) is 0.519. The number of halogens is 3. The fourth-order valence-corrected chi connectivity index (χ4v) is 12.6. The third-order valence-electron chi connectivity index (χ3n) is 13.6. The molecular weight excluding hydrogens is 1070 g/mol. The lowest BCUT2D eigenvalue weighted by atomic mass is 9.85. The highest BCUT2D eigenvalue weighted by Crippen LogP contribution is 2.37. The van der Waals surface area contributed by atoms with Crippen molar-refractivity contribution in [2.75, 3.05) is 43.8 Å². The number of rotatable bonds is 24. The molecule has 17 nitrogen and oxygen atoms in total. The average Bonchev–Trinajstić information content (AvgIpc) is 4.13. The van der Waals surface area contributed by atoms with Crippen LogP contribution in [0.25, 0.3) is 10.4 Å². The molecule has 3 heterocycles. The second-order valence-corrected chi connectivity index (χ2v) is 25.9. The van der Waals surface area contributed by atoms with E-state index in [4.69, 9.17) is 5.14 Å². The first-order valence-corrected chi connectivity index (χ1v) is 30.1. The predicted octanol–water partition coefficient (Wildman–Crippen LogP) is 6.78. The molecule has 1 aromatic heterocycles. The number of aliphatic hydroxyl groups is 1.